The Bertz CT molecular complexity index is 169. The van der Waals surface area contributed by atoms with E-state index in [-0.39, 0.29) is 18.3 Å². The van der Waals surface area contributed by atoms with Gasteiger partial charge in [0.2, 0.25) is 0 Å². The van der Waals surface area contributed by atoms with E-state index < -0.39 is 5.97 Å². The van der Waals surface area contributed by atoms with Crippen LogP contribution in [0.15, 0.2) is 0 Å². The lowest BCUT2D eigenvalue weighted by molar-refractivity contribution is -0.137. The van der Waals surface area contributed by atoms with Gasteiger partial charge in [0.25, 0.3) is 0 Å². The van der Waals surface area contributed by atoms with Gasteiger partial charge in [0, 0.05) is 12.3 Å². The Morgan fingerprint density at radius 1 is 1.64 bits per heavy atom. The van der Waals surface area contributed by atoms with Gasteiger partial charge in [0.15, 0.2) is 0 Å². The Labute approximate surface area is 66.6 Å². The summed E-state index contributed by atoms with van der Waals surface area (Å²) in [6.07, 6.45) is 0.555. The molecule has 0 amide bonds. The molecule has 0 bridgehead atoms. The molecule has 0 aromatic rings. The fourth-order valence-corrected chi connectivity index (χ4v) is 0.826. The zero-order chi connectivity index (χ0) is 8.85. The number of rotatable bonds is 4. The molecule has 0 spiro atoms. The van der Waals surface area contributed by atoms with Gasteiger partial charge < -0.3 is 5.11 Å². The second-order valence-corrected chi connectivity index (χ2v) is 2.91. The van der Waals surface area contributed by atoms with Crippen molar-refractivity contribution in [1.82, 2.24) is 0 Å². The van der Waals surface area contributed by atoms with Crippen LogP contribution < -0.4 is 0 Å². The lowest BCUT2D eigenvalue weighted by atomic mass is 9.93. The Kier molecular flexibility index (Phi) is 4.28. The van der Waals surface area contributed by atoms with Crippen LogP contribution in [0.2, 0.25) is 0 Å². The second-order valence-electron chi connectivity index (χ2n) is 2.91. The van der Waals surface area contributed by atoms with Crippen LogP contribution in [0.3, 0.4) is 0 Å². The van der Waals surface area contributed by atoms with Crippen LogP contribution in [0, 0.1) is 23.2 Å². The Hall–Kier alpha value is -1.04. The smallest absolute Gasteiger partial charge is 0.303 e. The number of carbonyl (C=O) groups is 1. The molecule has 3 heteroatoms. The highest BCUT2D eigenvalue weighted by molar-refractivity contribution is 5.66. The van der Waals surface area contributed by atoms with E-state index in [1.54, 1.807) is 0 Å². The number of carboxylic acid groups (broad SMARTS) is 1. The first-order chi connectivity index (χ1) is 5.07. The van der Waals surface area contributed by atoms with E-state index in [0.717, 1.165) is 0 Å². The number of nitrogens with zero attached hydrogens (tertiary/aromatic N) is 1. The minimum absolute atomic E-state index is 0.0937. The molecule has 62 valence electrons. The van der Waals surface area contributed by atoms with Crippen molar-refractivity contribution in [2.45, 2.75) is 26.7 Å². The molecule has 0 saturated carbocycles. The predicted octanol–water partition coefficient (Wildman–Crippen LogP) is 1.65. The van der Waals surface area contributed by atoms with Crippen molar-refractivity contribution >= 4 is 5.97 Å². The molecule has 1 atom stereocenters. The zero-order valence-corrected chi connectivity index (χ0v) is 6.87. The number of hydrogen-bond acceptors (Lipinski definition) is 2. The summed E-state index contributed by atoms with van der Waals surface area (Å²) < 4.78 is 0. The highest BCUT2D eigenvalue weighted by Gasteiger charge is 2.13. The summed E-state index contributed by atoms with van der Waals surface area (Å²) in [5.41, 5.74) is 0. The lowest BCUT2D eigenvalue weighted by Crippen LogP contribution is -2.08. The molecule has 0 saturated heterocycles. The monoisotopic (exact) mass is 155 g/mol. The largest absolute Gasteiger partial charge is 0.481 e. The first-order valence-electron chi connectivity index (χ1n) is 3.69. The highest BCUT2D eigenvalue weighted by atomic mass is 16.4. The van der Waals surface area contributed by atoms with Crippen LogP contribution in [0.1, 0.15) is 26.7 Å². The molecule has 0 fully saturated rings. The van der Waals surface area contributed by atoms with Crippen LogP contribution in [-0.4, -0.2) is 11.1 Å². The molecule has 0 aromatic heterocycles. The molecule has 0 heterocycles. The molecule has 11 heavy (non-hydrogen) atoms. The first-order valence-corrected chi connectivity index (χ1v) is 3.69. The van der Waals surface area contributed by atoms with E-state index in [4.69, 9.17) is 10.4 Å². The molecular formula is C8H13NO2. The standard InChI is InChI=1S/C8H13NO2/c1-6(2)7(5-9)3-4-8(10)11/h6-7H,3-4H2,1-2H3,(H,10,11). The van der Waals surface area contributed by atoms with Crippen molar-refractivity contribution in [2.75, 3.05) is 0 Å². The summed E-state index contributed by atoms with van der Waals surface area (Å²) in [5.74, 6) is -0.698. The topological polar surface area (TPSA) is 61.1 Å². The summed E-state index contributed by atoms with van der Waals surface area (Å²) in [6, 6.07) is 2.09. The predicted molar refractivity (Wildman–Crippen MR) is 40.8 cm³/mol. The summed E-state index contributed by atoms with van der Waals surface area (Å²) in [6.45, 7) is 3.85. The molecular weight excluding hydrogens is 142 g/mol. The molecule has 0 aliphatic rings. The van der Waals surface area contributed by atoms with Crippen LogP contribution in [0.25, 0.3) is 0 Å². The van der Waals surface area contributed by atoms with E-state index in [1.165, 1.54) is 0 Å². The molecule has 3 nitrogen and oxygen atoms in total. The van der Waals surface area contributed by atoms with Crippen LogP contribution >= 0.6 is 0 Å². The maximum atomic E-state index is 10.1. The summed E-state index contributed by atoms with van der Waals surface area (Å²) in [7, 11) is 0. The average molecular weight is 155 g/mol. The summed E-state index contributed by atoms with van der Waals surface area (Å²) in [4.78, 5) is 10.1. The van der Waals surface area contributed by atoms with Crippen molar-refractivity contribution in [1.29, 1.82) is 5.26 Å². The van der Waals surface area contributed by atoms with Crippen molar-refractivity contribution in [3.8, 4) is 6.07 Å². The van der Waals surface area contributed by atoms with Gasteiger partial charge in [-0.1, -0.05) is 13.8 Å². The lowest BCUT2D eigenvalue weighted by Gasteiger charge is -2.09. The van der Waals surface area contributed by atoms with Crippen molar-refractivity contribution in [3.63, 3.8) is 0 Å². The minimum Gasteiger partial charge on any atom is -0.481 e. The number of aliphatic carboxylic acids is 1. The third-order valence-corrected chi connectivity index (χ3v) is 1.64. The van der Waals surface area contributed by atoms with Gasteiger partial charge in [-0.25, -0.2) is 0 Å². The Balaban J connectivity index is 3.73. The average Bonchev–Trinajstić information content (AvgIpc) is 1.87. The zero-order valence-electron chi connectivity index (χ0n) is 6.87. The van der Waals surface area contributed by atoms with Crippen LogP contribution in [-0.2, 0) is 4.79 Å². The molecule has 1 N–H and O–H groups in total. The molecule has 0 aliphatic heterocycles. The van der Waals surface area contributed by atoms with E-state index >= 15 is 0 Å². The van der Waals surface area contributed by atoms with Gasteiger partial charge in [0.1, 0.15) is 0 Å². The fourth-order valence-electron chi connectivity index (χ4n) is 0.826. The van der Waals surface area contributed by atoms with Crippen molar-refractivity contribution in [2.24, 2.45) is 11.8 Å². The van der Waals surface area contributed by atoms with Gasteiger partial charge in [-0.3, -0.25) is 4.79 Å². The number of nitriles is 1. The summed E-state index contributed by atoms with van der Waals surface area (Å²) in [5, 5.41) is 16.9. The maximum absolute atomic E-state index is 10.1. The van der Waals surface area contributed by atoms with Gasteiger partial charge in [0.05, 0.1) is 6.07 Å². The first kappa shape index (κ1) is 9.96. The quantitative estimate of drug-likeness (QED) is 0.671. The Morgan fingerprint density at radius 2 is 2.18 bits per heavy atom. The normalized spacial score (nSPS) is 12.5. The van der Waals surface area contributed by atoms with Crippen LogP contribution in [0.5, 0.6) is 0 Å². The molecule has 0 aromatic carbocycles. The van der Waals surface area contributed by atoms with Crippen molar-refractivity contribution < 1.29 is 9.90 Å². The second kappa shape index (κ2) is 4.73. The third-order valence-electron chi connectivity index (χ3n) is 1.64. The summed E-state index contributed by atoms with van der Waals surface area (Å²) >= 11 is 0. The van der Waals surface area contributed by atoms with E-state index in [9.17, 15) is 4.79 Å². The molecule has 0 radical (unpaired) electrons. The molecule has 0 aliphatic carbocycles. The van der Waals surface area contributed by atoms with Gasteiger partial charge in [-0.2, -0.15) is 5.26 Å². The van der Waals surface area contributed by atoms with Gasteiger partial charge in [-0.05, 0) is 12.3 Å². The number of hydrogen-bond donors (Lipinski definition) is 1. The highest BCUT2D eigenvalue weighted by Crippen LogP contribution is 2.15. The minimum atomic E-state index is -0.828. The molecule has 1 unspecified atom stereocenters. The Morgan fingerprint density at radius 3 is 2.45 bits per heavy atom. The van der Waals surface area contributed by atoms with E-state index in [0.29, 0.717) is 6.42 Å². The van der Waals surface area contributed by atoms with E-state index in [2.05, 4.69) is 6.07 Å². The van der Waals surface area contributed by atoms with E-state index in [1.807, 2.05) is 13.8 Å². The third kappa shape index (κ3) is 4.38. The van der Waals surface area contributed by atoms with Crippen LogP contribution in [0.4, 0.5) is 0 Å². The molecule has 0 rings (SSSR count). The fraction of sp³-hybridized carbons (Fsp3) is 0.750. The maximum Gasteiger partial charge on any atom is 0.303 e. The van der Waals surface area contributed by atoms with Gasteiger partial charge >= 0.3 is 5.97 Å². The SMILES string of the molecule is CC(C)C(C#N)CCC(=O)O. The number of carboxylic acids is 1. The van der Waals surface area contributed by atoms with Gasteiger partial charge in [-0.15, -0.1) is 0 Å². The van der Waals surface area contributed by atoms with Crippen molar-refractivity contribution in [3.05, 3.63) is 0 Å².